The largest absolute Gasteiger partial charge is 0.300 e. The molecule has 0 radical (unpaired) electrons. The Balaban J connectivity index is 2.44. The number of Topliss-reactive ketones (excluding diaryl/α,β-unsaturated/α-hetero) is 1. The van der Waals surface area contributed by atoms with E-state index in [2.05, 4.69) is 0 Å². The topological polar surface area (TPSA) is 37.4 Å². The summed E-state index contributed by atoms with van der Waals surface area (Å²) in [5.41, 5.74) is 0. The molecule has 68 valence electrons. The van der Waals surface area contributed by atoms with Crippen LogP contribution in [0.1, 0.15) is 19.8 Å². The molecule has 1 rings (SSSR count). The van der Waals surface area contributed by atoms with Gasteiger partial charge in [-0.2, -0.15) is 0 Å². The minimum Gasteiger partial charge on any atom is -0.300 e. The third-order valence-electron chi connectivity index (χ3n) is 2.23. The molecule has 1 aliphatic rings. The molecular formula is C8H12ClNO2. The van der Waals surface area contributed by atoms with E-state index in [0.717, 1.165) is 0 Å². The predicted octanol–water partition coefficient (Wildman–Crippen LogP) is 0.805. The Hall–Kier alpha value is -0.410. The molecule has 0 N–H and O–H groups in total. The number of halogens is 1. The zero-order valence-electron chi connectivity index (χ0n) is 7.05. The normalized spacial score (nSPS) is 22.3. The Bertz CT molecular complexity index is 195. The maximum absolute atomic E-state index is 10.9. The van der Waals surface area contributed by atoms with Gasteiger partial charge >= 0.3 is 0 Å². The lowest BCUT2D eigenvalue weighted by atomic mass is 10.1. The van der Waals surface area contributed by atoms with Crippen molar-refractivity contribution in [1.29, 1.82) is 0 Å². The van der Waals surface area contributed by atoms with Crippen LogP contribution in [0.25, 0.3) is 0 Å². The van der Waals surface area contributed by atoms with Gasteiger partial charge in [-0.05, 0) is 18.5 Å². The number of carbonyl (C=O) groups is 2. The van der Waals surface area contributed by atoms with Gasteiger partial charge in [0.2, 0.25) is 5.24 Å². The van der Waals surface area contributed by atoms with Crippen molar-refractivity contribution >= 4 is 22.6 Å². The number of likely N-dealkylation sites (tertiary alicyclic amines) is 1. The number of ketones is 1. The molecule has 0 amide bonds. The highest BCUT2D eigenvalue weighted by atomic mass is 35.5. The van der Waals surface area contributed by atoms with E-state index in [1.807, 2.05) is 4.90 Å². The predicted molar refractivity (Wildman–Crippen MR) is 46.1 cm³/mol. The number of rotatable bonds is 2. The molecule has 12 heavy (non-hydrogen) atoms. The molecule has 0 bridgehead atoms. The zero-order valence-corrected chi connectivity index (χ0v) is 7.80. The molecule has 1 unspecified atom stereocenters. The van der Waals surface area contributed by atoms with E-state index in [1.165, 1.54) is 0 Å². The summed E-state index contributed by atoms with van der Waals surface area (Å²) >= 11 is 5.33. The van der Waals surface area contributed by atoms with Crippen molar-refractivity contribution in [2.45, 2.75) is 25.8 Å². The van der Waals surface area contributed by atoms with Gasteiger partial charge in [-0.25, -0.2) is 0 Å². The first-order valence-electron chi connectivity index (χ1n) is 4.06. The molecule has 0 saturated carbocycles. The van der Waals surface area contributed by atoms with Crippen LogP contribution in [0.4, 0.5) is 0 Å². The number of carbonyl (C=O) groups excluding carboxylic acids is 2. The average Bonchev–Trinajstić information content (AvgIpc) is 2.04. The summed E-state index contributed by atoms with van der Waals surface area (Å²) in [7, 11) is 0. The summed E-state index contributed by atoms with van der Waals surface area (Å²) in [5, 5.41) is -0.343. The molecule has 0 aliphatic carbocycles. The highest BCUT2D eigenvalue weighted by Crippen LogP contribution is 2.11. The molecule has 0 spiro atoms. The highest BCUT2D eigenvalue weighted by Gasteiger charge is 2.23. The Morgan fingerprint density at radius 2 is 2.00 bits per heavy atom. The molecule has 4 heteroatoms. The maximum atomic E-state index is 10.9. The third kappa shape index (κ3) is 2.29. The van der Waals surface area contributed by atoms with E-state index in [1.54, 1.807) is 6.92 Å². The summed E-state index contributed by atoms with van der Waals surface area (Å²) in [6.45, 7) is 3.10. The molecule has 1 atom stereocenters. The first kappa shape index (κ1) is 9.68. The first-order valence-corrected chi connectivity index (χ1v) is 4.44. The lowest BCUT2D eigenvalue weighted by Crippen LogP contribution is -2.42. The monoisotopic (exact) mass is 189 g/mol. The molecule has 0 aromatic heterocycles. The average molecular weight is 190 g/mol. The van der Waals surface area contributed by atoms with E-state index in [9.17, 15) is 9.59 Å². The van der Waals surface area contributed by atoms with Crippen LogP contribution in [-0.2, 0) is 9.59 Å². The number of hydrogen-bond donors (Lipinski definition) is 0. The minimum absolute atomic E-state index is 0.250. The van der Waals surface area contributed by atoms with E-state index >= 15 is 0 Å². The van der Waals surface area contributed by atoms with Crippen molar-refractivity contribution in [3.8, 4) is 0 Å². The molecule has 1 heterocycles. The number of piperidine rings is 1. The summed E-state index contributed by atoms with van der Waals surface area (Å²) in [6, 6.07) is -0.250. The van der Waals surface area contributed by atoms with Crippen LogP contribution in [0.15, 0.2) is 0 Å². The standard InChI is InChI=1S/C8H12ClNO2/c1-6(8(9)12)10-4-2-7(11)3-5-10/h6H,2-5H2,1H3. The fourth-order valence-electron chi connectivity index (χ4n) is 1.30. The van der Waals surface area contributed by atoms with Gasteiger partial charge in [0.05, 0.1) is 6.04 Å². The Kier molecular flexibility index (Phi) is 3.23. The summed E-state index contributed by atoms with van der Waals surface area (Å²) in [6.07, 6.45) is 1.10. The highest BCUT2D eigenvalue weighted by molar-refractivity contribution is 6.64. The molecular weight excluding hydrogens is 178 g/mol. The van der Waals surface area contributed by atoms with Gasteiger partial charge in [0.1, 0.15) is 5.78 Å². The SMILES string of the molecule is CC(C(=O)Cl)N1CCC(=O)CC1. The third-order valence-corrected chi connectivity index (χ3v) is 2.55. The van der Waals surface area contributed by atoms with E-state index in [0.29, 0.717) is 25.9 Å². The molecule has 1 saturated heterocycles. The summed E-state index contributed by atoms with van der Waals surface area (Å²) in [5.74, 6) is 0.278. The first-order chi connectivity index (χ1) is 5.61. The van der Waals surface area contributed by atoms with Crippen LogP contribution in [0, 0.1) is 0 Å². The van der Waals surface area contributed by atoms with Gasteiger partial charge < -0.3 is 0 Å². The Morgan fingerprint density at radius 1 is 1.50 bits per heavy atom. The van der Waals surface area contributed by atoms with Crippen molar-refractivity contribution < 1.29 is 9.59 Å². The minimum atomic E-state index is -0.343. The van der Waals surface area contributed by atoms with Crippen LogP contribution < -0.4 is 0 Å². The molecule has 1 fully saturated rings. The Morgan fingerprint density at radius 3 is 2.42 bits per heavy atom. The second-order valence-corrected chi connectivity index (χ2v) is 3.43. The smallest absolute Gasteiger partial charge is 0.238 e. The van der Waals surface area contributed by atoms with Crippen molar-refractivity contribution in [1.82, 2.24) is 4.90 Å². The molecule has 3 nitrogen and oxygen atoms in total. The van der Waals surface area contributed by atoms with E-state index < -0.39 is 0 Å². The Labute approximate surface area is 76.7 Å². The molecule has 0 aromatic carbocycles. The second kappa shape index (κ2) is 4.01. The second-order valence-electron chi connectivity index (χ2n) is 3.05. The fourth-order valence-corrected chi connectivity index (χ4v) is 1.44. The number of nitrogens with zero attached hydrogens (tertiary/aromatic N) is 1. The van der Waals surface area contributed by atoms with Gasteiger partial charge in [-0.15, -0.1) is 0 Å². The van der Waals surface area contributed by atoms with Crippen molar-refractivity contribution in [3.63, 3.8) is 0 Å². The quantitative estimate of drug-likeness (QED) is 0.604. The maximum Gasteiger partial charge on any atom is 0.238 e. The summed E-state index contributed by atoms with van der Waals surface area (Å²) < 4.78 is 0. The van der Waals surface area contributed by atoms with Crippen molar-refractivity contribution in [3.05, 3.63) is 0 Å². The van der Waals surface area contributed by atoms with Gasteiger partial charge in [0.25, 0.3) is 0 Å². The van der Waals surface area contributed by atoms with Crippen LogP contribution in [-0.4, -0.2) is 35.1 Å². The van der Waals surface area contributed by atoms with Crippen LogP contribution >= 0.6 is 11.6 Å². The van der Waals surface area contributed by atoms with E-state index in [4.69, 9.17) is 11.6 Å². The molecule has 1 aliphatic heterocycles. The lowest BCUT2D eigenvalue weighted by Gasteiger charge is -2.29. The van der Waals surface area contributed by atoms with Crippen LogP contribution in [0.2, 0.25) is 0 Å². The van der Waals surface area contributed by atoms with Gasteiger partial charge in [-0.1, -0.05) is 0 Å². The number of hydrogen-bond acceptors (Lipinski definition) is 3. The van der Waals surface area contributed by atoms with E-state index in [-0.39, 0.29) is 17.1 Å². The van der Waals surface area contributed by atoms with Gasteiger partial charge in [-0.3, -0.25) is 14.5 Å². The summed E-state index contributed by atoms with van der Waals surface area (Å²) in [4.78, 5) is 23.6. The van der Waals surface area contributed by atoms with Crippen molar-refractivity contribution in [2.75, 3.05) is 13.1 Å². The van der Waals surface area contributed by atoms with Crippen molar-refractivity contribution in [2.24, 2.45) is 0 Å². The van der Waals surface area contributed by atoms with Crippen LogP contribution in [0.3, 0.4) is 0 Å². The van der Waals surface area contributed by atoms with Crippen LogP contribution in [0.5, 0.6) is 0 Å². The zero-order chi connectivity index (χ0) is 9.14. The fraction of sp³-hybridized carbons (Fsp3) is 0.750. The van der Waals surface area contributed by atoms with Gasteiger partial charge in [0.15, 0.2) is 0 Å². The van der Waals surface area contributed by atoms with Gasteiger partial charge in [0, 0.05) is 25.9 Å². The molecule has 0 aromatic rings. The lowest BCUT2D eigenvalue weighted by molar-refractivity contribution is -0.124.